The summed E-state index contributed by atoms with van der Waals surface area (Å²) in [5, 5.41) is 9.43. The molecule has 0 saturated carbocycles. The fraction of sp³-hybridized carbons (Fsp3) is 0.333. The highest BCUT2D eigenvalue weighted by Gasteiger charge is 1.99. The van der Waals surface area contributed by atoms with Crippen LogP contribution in [0.15, 0.2) is 23.2 Å². The van der Waals surface area contributed by atoms with Crippen molar-refractivity contribution in [3.63, 3.8) is 0 Å². The average Bonchev–Trinajstić information content (AvgIpc) is 2.13. The number of hydrogen-bond acceptors (Lipinski definition) is 3. The van der Waals surface area contributed by atoms with Gasteiger partial charge in [-0.3, -0.25) is 0 Å². The second-order valence-corrected chi connectivity index (χ2v) is 2.65. The molecule has 0 spiro atoms. The van der Waals surface area contributed by atoms with Gasteiger partial charge >= 0.3 is 6.09 Å². The Labute approximate surface area is 81.2 Å². The van der Waals surface area contributed by atoms with Crippen molar-refractivity contribution in [1.29, 1.82) is 0 Å². The lowest BCUT2D eigenvalue weighted by atomic mass is 10.4. The molecule has 1 rings (SSSR count). The number of pyridine rings is 1. The highest BCUT2D eigenvalue weighted by Crippen LogP contribution is 1.89. The molecule has 0 aliphatic carbocycles. The van der Waals surface area contributed by atoms with Gasteiger partial charge in [0.2, 0.25) is 0 Å². The number of carbonyl (C=O) groups excluding carboxylic acids is 1. The SMILES string of the molecule is CCOC(=O)/N=c1\cccc(C)n1O. The molecule has 1 N–H and O–H groups in total. The lowest BCUT2D eigenvalue weighted by Crippen LogP contribution is -2.22. The summed E-state index contributed by atoms with van der Waals surface area (Å²) in [7, 11) is 0. The number of nitrogens with zero attached hydrogens (tertiary/aromatic N) is 2. The molecule has 0 bridgehead atoms. The van der Waals surface area contributed by atoms with Crippen molar-refractivity contribution in [3.8, 4) is 0 Å². The first kappa shape index (κ1) is 10.3. The number of rotatable bonds is 1. The summed E-state index contributed by atoms with van der Waals surface area (Å²) >= 11 is 0. The fourth-order valence-electron chi connectivity index (χ4n) is 0.929. The highest BCUT2D eigenvalue weighted by atomic mass is 16.5. The van der Waals surface area contributed by atoms with Crippen molar-refractivity contribution in [3.05, 3.63) is 29.4 Å². The summed E-state index contributed by atoms with van der Waals surface area (Å²) in [4.78, 5) is 14.5. The van der Waals surface area contributed by atoms with Crippen LogP contribution >= 0.6 is 0 Å². The van der Waals surface area contributed by atoms with Gasteiger partial charge in [0.15, 0.2) is 5.49 Å². The zero-order chi connectivity index (χ0) is 10.6. The Bertz CT molecular complexity index is 395. The quantitative estimate of drug-likeness (QED) is 0.684. The predicted octanol–water partition coefficient (Wildman–Crippen LogP) is 1.09. The fourth-order valence-corrected chi connectivity index (χ4v) is 0.929. The van der Waals surface area contributed by atoms with Gasteiger partial charge < -0.3 is 9.94 Å². The Morgan fingerprint density at radius 3 is 3.00 bits per heavy atom. The molecule has 0 atom stereocenters. The molecule has 0 aliphatic heterocycles. The summed E-state index contributed by atoms with van der Waals surface area (Å²) < 4.78 is 5.44. The Hall–Kier alpha value is -1.78. The van der Waals surface area contributed by atoms with Gasteiger partial charge in [0, 0.05) is 0 Å². The summed E-state index contributed by atoms with van der Waals surface area (Å²) in [6.07, 6.45) is -0.707. The Morgan fingerprint density at radius 2 is 2.36 bits per heavy atom. The molecular weight excluding hydrogens is 184 g/mol. The van der Waals surface area contributed by atoms with E-state index in [0.29, 0.717) is 5.69 Å². The molecule has 5 nitrogen and oxygen atoms in total. The summed E-state index contributed by atoms with van der Waals surface area (Å²) in [5.74, 6) is 0. The Balaban J connectivity index is 3.06. The molecule has 76 valence electrons. The Kier molecular flexibility index (Phi) is 3.28. The van der Waals surface area contributed by atoms with Gasteiger partial charge in [-0.05, 0) is 26.0 Å². The number of carbonyl (C=O) groups is 1. The molecule has 1 amide bonds. The minimum Gasteiger partial charge on any atom is -0.448 e. The summed E-state index contributed by atoms with van der Waals surface area (Å²) in [5.41, 5.74) is 0.749. The van der Waals surface area contributed by atoms with E-state index in [1.807, 2.05) is 0 Å². The lowest BCUT2D eigenvalue weighted by molar-refractivity contribution is 0.151. The van der Waals surface area contributed by atoms with Crippen molar-refractivity contribution in [2.24, 2.45) is 4.99 Å². The molecule has 0 radical (unpaired) electrons. The zero-order valence-electron chi connectivity index (χ0n) is 8.10. The third kappa shape index (κ3) is 2.35. The maximum absolute atomic E-state index is 11.0. The number of hydrogen-bond donors (Lipinski definition) is 1. The lowest BCUT2D eigenvalue weighted by Gasteiger charge is -2.01. The van der Waals surface area contributed by atoms with E-state index >= 15 is 0 Å². The average molecular weight is 196 g/mol. The smallest absolute Gasteiger partial charge is 0.435 e. The zero-order valence-corrected chi connectivity index (χ0v) is 8.10. The van der Waals surface area contributed by atoms with Gasteiger partial charge in [-0.15, -0.1) is 0 Å². The molecule has 0 aromatic carbocycles. The summed E-state index contributed by atoms with van der Waals surface area (Å²) in [6, 6.07) is 4.91. The van der Waals surface area contributed by atoms with E-state index in [4.69, 9.17) is 0 Å². The van der Waals surface area contributed by atoms with Crippen molar-refractivity contribution in [2.75, 3.05) is 6.61 Å². The van der Waals surface area contributed by atoms with Gasteiger partial charge in [-0.1, -0.05) is 6.07 Å². The van der Waals surface area contributed by atoms with Gasteiger partial charge in [0.25, 0.3) is 0 Å². The molecule has 1 heterocycles. The first-order valence-electron chi connectivity index (χ1n) is 4.24. The van der Waals surface area contributed by atoms with Crippen molar-refractivity contribution in [2.45, 2.75) is 13.8 Å². The maximum Gasteiger partial charge on any atom is 0.435 e. The topological polar surface area (TPSA) is 63.8 Å². The normalized spacial score (nSPS) is 11.4. The standard InChI is InChI=1S/C9H12N2O3/c1-3-14-9(12)10-8-6-4-5-7(2)11(8)13/h4-6,13H,3H2,1-2H3/b10-8+. The molecule has 14 heavy (non-hydrogen) atoms. The maximum atomic E-state index is 11.0. The van der Waals surface area contributed by atoms with Crippen molar-refractivity contribution in [1.82, 2.24) is 4.73 Å². The van der Waals surface area contributed by atoms with Gasteiger partial charge in [-0.25, -0.2) is 4.79 Å². The molecular formula is C9H12N2O3. The highest BCUT2D eigenvalue weighted by molar-refractivity contribution is 5.68. The van der Waals surface area contributed by atoms with Crippen molar-refractivity contribution < 1.29 is 14.7 Å². The van der Waals surface area contributed by atoms with Crippen LogP contribution in [0.5, 0.6) is 0 Å². The van der Waals surface area contributed by atoms with E-state index in [2.05, 4.69) is 9.73 Å². The van der Waals surface area contributed by atoms with Gasteiger partial charge in [-0.2, -0.15) is 9.72 Å². The van der Waals surface area contributed by atoms with Gasteiger partial charge in [0.05, 0.1) is 12.3 Å². The first-order valence-corrected chi connectivity index (χ1v) is 4.24. The van der Waals surface area contributed by atoms with E-state index in [-0.39, 0.29) is 12.1 Å². The van der Waals surface area contributed by atoms with Crippen LogP contribution in [-0.2, 0) is 4.74 Å². The van der Waals surface area contributed by atoms with Crippen LogP contribution in [0.25, 0.3) is 0 Å². The first-order chi connectivity index (χ1) is 6.65. The molecule has 1 aromatic heterocycles. The van der Waals surface area contributed by atoms with Crippen LogP contribution < -0.4 is 5.49 Å². The van der Waals surface area contributed by atoms with Crippen LogP contribution in [-0.4, -0.2) is 22.6 Å². The molecule has 0 saturated heterocycles. The molecule has 1 aromatic rings. The van der Waals surface area contributed by atoms with Gasteiger partial charge in [0.1, 0.15) is 0 Å². The molecule has 0 fully saturated rings. The number of aromatic nitrogens is 1. The minimum atomic E-state index is -0.707. The van der Waals surface area contributed by atoms with E-state index in [9.17, 15) is 10.0 Å². The molecule has 0 aliphatic rings. The molecule has 5 heteroatoms. The van der Waals surface area contributed by atoms with Crippen LogP contribution in [0, 0.1) is 6.92 Å². The number of ether oxygens (including phenoxy) is 1. The number of amides is 1. The van der Waals surface area contributed by atoms with Crippen LogP contribution in [0.3, 0.4) is 0 Å². The molecule has 0 unspecified atom stereocenters. The largest absolute Gasteiger partial charge is 0.448 e. The third-order valence-electron chi connectivity index (χ3n) is 1.61. The van der Waals surface area contributed by atoms with Crippen LogP contribution in [0.2, 0.25) is 0 Å². The third-order valence-corrected chi connectivity index (χ3v) is 1.61. The van der Waals surface area contributed by atoms with E-state index < -0.39 is 6.09 Å². The van der Waals surface area contributed by atoms with Crippen molar-refractivity contribution >= 4 is 6.09 Å². The monoisotopic (exact) mass is 196 g/mol. The predicted molar refractivity (Wildman–Crippen MR) is 48.9 cm³/mol. The summed E-state index contributed by atoms with van der Waals surface area (Å²) in [6.45, 7) is 3.65. The van der Waals surface area contributed by atoms with Crippen LogP contribution in [0.1, 0.15) is 12.6 Å². The Morgan fingerprint density at radius 1 is 1.64 bits per heavy atom. The van der Waals surface area contributed by atoms with E-state index in [1.54, 1.807) is 26.0 Å². The second-order valence-electron chi connectivity index (χ2n) is 2.65. The van der Waals surface area contributed by atoms with E-state index in [0.717, 1.165) is 4.73 Å². The van der Waals surface area contributed by atoms with Crippen LogP contribution in [0.4, 0.5) is 4.79 Å². The van der Waals surface area contributed by atoms with E-state index in [1.165, 1.54) is 6.07 Å². The second kappa shape index (κ2) is 4.45. The number of aryl methyl sites for hydroxylation is 1. The minimum absolute atomic E-state index is 0.156.